The van der Waals surface area contributed by atoms with Gasteiger partial charge in [-0.05, 0) is 6.42 Å². The van der Waals surface area contributed by atoms with Crippen LogP contribution < -0.4 is 0 Å². The molecule has 0 saturated carbocycles. The van der Waals surface area contributed by atoms with E-state index in [1.165, 1.54) is 6.08 Å². The average Bonchev–Trinajstić information content (AvgIpc) is 2.31. The number of nitrogens with zero attached hydrogens (tertiary/aromatic N) is 1. The van der Waals surface area contributed by atoms with Gasteiger partial charge in [0.1, 0.15) is 0 Å². The van der Waals surface area contributed by atoms with Crippen molar-refractivity contribution in [1.29, 1.82) is 0 Å². The van der Waals surface area contributed by atoms with Crippen LogP contribution in [0.2, 0.25) is 0 Å². The molecule has 0 aliphatic carbocycles. The smallest absolute Gasteiger partial charge is 0.542 e. The van der Waals surface area contributed by atoms with Crippen LogP contribution in [0, 0.1) is 6.92 Å². The number of hydrogen-bond donors (Lipinski definition) is 0. The average molecular weight is 286 g/mol. The van der Waals surface area contributed by atoms with E-state index in [1.54, 1.807) is 6.29 Å². The Morgan fingerprint density at radius 2 is 2.06 bits per heavy atom. The largest absolute Gasteiger partial charge is 2.00 e. The van der Waals surface area contributed by atoms with Crippen LogP contribution in [0.5, 0.6) is 0 Å². The topological polar surface area (TPSA) is 55.7 Å². The summed E-state index contributed by atoms with van der Waals surface area (Å²) in [5.41, 5.74) is 0. The standard InChI is InChI=1S/C7H15O.C5H6NO2.Ni/c1-3-5-7-8-6-4-2;7-4-2-1-3-6-5-8;/h1,3-7H2,2H3;1-3H2;/q2*-1;+2. The van der Waals surface area contributed by atoms with E-state index < -0.39 is 0 Å². The van der Waals surface area contributed by atoms with Crippen LogP contribution in [0.1, 0.15) is 39.0 Å². The summed E-state index contributed by atoms with van der Waals surface area (Å²) in [5, 5.41) is 0. The number of unbranched alkanes of at least 4 members (excludes halogenated alkanes) is 2. The van der Waals surface area contributed by atoms with Crippen LogP contribution in [-0.2, 0) is 30.8 Å². The summed E-state index contributed by atoms with van der Waals surface area (Å²) in [6, 6.07) is 0. The van der Waals surface area contributed by atoms with Crippen molar-refractivity contribution in [3.05, 3.63) is 6.92 Å². The molecule has 17 heavy (non-hydrogen) atoms. The van der Waals surface area contributed by atoms with Gasteiger partial charge in [-0.1, -0.05) is 19.8 Å². The Labute approximate surface area is 114 Å². The fourth-order valence-electron chi connectivity index (χ4n) is 0.726. The van der Waals surface area contributed by atoms with Crippen molar-refractivity contribution in [1.82, 2.24) is 0 Å². The van der Waals surface area contributed by atoms with Crippen LogP contribution in [0.15, 0.2) is 4.99 Å². The zero-order chi connectivity index (χ0) is 12.5. The second-order valence-corrected chi connectivity index (χ2v) is 3.04. The van der Waals surface area contributed by atoms with E-state index in [-0.39, 0.29) is 16.5 Å². The molecule has 0 aromatic rings. The van der Waals surface area contributed by atoms with Gasteiger partial charge in [-0.25, -0.2) is 9.79 Å². The molecule has 0 atom stereocenters. The van der Waals surface area contributed by atoms with Gasteiger partial charge in [0.15, 0.2) is 0 Å². The Kier molecular flexibility index (Phi) is 31.5. The molecule has 5 heteroatoms. The Bertz CT molecular complexity index is 177. The molecular formula is C12H21NNiO3. The summed E-state index contributed by atoms with van der Waals surface area (Å²) in [6.07, 6.45) is 7.22. The van der Waals surface area contributed by atoms with Crippen molar-refractivity contribution in [3.8, 4) is 0 Å². The van der Waals surface area contributed by atoms with Crippen molar-refractivity contribution in [2.24, 2.45) is 4.99 Å². The predicted molar refractivity (Wildman–Crippen MR) is 63.6 cm³/mol. The summed E-state index contributed by atoms with van der Waals surface area (Å²) >= 11 is 0. The maximum atomic E-state index is 9.50. The minimum absolute atomic E-state index is 0. The van der Waals surface area contributed by atoms with Gasteiger partial charge < -0.3 is 16.5 Å². The zero-order valence-corrected chi connectivity index (χ0v) is 11.3. The van der Waals surface area contributed by atoms with Gasteiger partial charge in [0.25, 0.3) is 0 Å². The third-order valence-corrected chi connectivity index (χ3v) is 1.50. The SMILES string of the molecule is O=C=NCCC[C-]=O.[CH2-]CCCOCCC.[Ni+2]. The molecule has 102 valence electrons. The van der Waals surface area contributed by atoms with E-state index in [9.17, 15) is 9.59 Å². The molecule has 0 rings (SSSR count). The third-order valence-electron chi connectivity index (χ3n) is 1.50. The van der Waals surface area contributed by atoms with Crippen molar-refractivity contribution < 1.29 is 30.8 Å². The van der Waals surface area contributed by atoms with Crippen LogP contribution in [-0.4, -0.2) is 32.1 Å². The number of rotatable bonds is 9. The number of carbonyl (C=O) groups excluding carboxylic acids is 2. The van der Waals surface area contributed by atoms with Gasteiger partial charge in [0, 0.05) is 19.8 Å². The molecule has 0 saturated heterocycles. The van der Waals surface area contributed by atoms with Gasteiger partial charge in [0.05, 0.1) is 0 Å². The van der Waals surface area contributed by atoms with Crippen molar-refractivity contribution >= 4 is 12.4 Å². The molecule has 0 spiro atoms. The molecule has 0 heterocycles. The maximum Gasteiger partial charge on any atom is 2.00 e. The van der Waals surface area contributed by atoms with E-state index >= 15 is 0 Å². The molecule has 0 aromatic heterocycles. The fourth-order valence-corrected chi connectivity index (χ4v) is 0.726. The molecule has 0 aromatic carbocycles. The van der Waals surface area contributed by atoms with E-state index in [4.69, 9.17) is 4.74 Å². The van der Waals surface area contributed by atoms with Gasteiger partial charge in [-0.15, -0.1) is 0 Å². The van der Waals surface area contributed by atoms with Crippen molar-refractivity contribution in [3.63, 3.8) is 0 Å². The normalized spacial score (nSPS) is 8.12. The first kappa shape index (κ1) is 21.8. The number of isocyanates is 1. The molecule has 0 aliphatic heterocycles. The van der Waals surface area contributed by atoms with E-state index in [2.05, 4.69) is 18.8 Å². The van der Waals surface area contributed by atoms with E-state index in [1.807, 2.05) is 0 Å². The van der Waals surface area contributed by atoms with Crippen molar-refractivity contribution in [2.45, 2.75) is 39.0 Å². The number of aliphatic imine (C=N–C) groups is 1. The molecule has 0 fully saturated rings. The maximum absolute atomic E-state index is 9.50. The summed E-state index contributed by atoms with van der Waals surface area (Å²) in [4.78, 5) is 22.1. The van der Waals surface area contributed by atoms with Gasteiger partial charge in [-0.2, -0.15) is 12.8 Å². The number of ether oxygens (including phenoxy) is 1. The third kappa shape index (κ3) is 31.3. The Morgan fingerprint density at radius 3 is 2.53 bits per heavy atom. The molecule has 0 radical (unpaired) electrons. The Hall–Kier alpha value is -0.496. The zero-order valence-electron chi connectivity index (χ0n) is 10.4. The first-order chi connectivity index (χ1) is 7.83. The van der Waals surface area contributed by atoms with E-state index in [0.29, 0.717) is 19.4 Å². The van der Waals surface area contributed by atoms with Gasteiger partial charge in [-0.3, -0.25) is 6.29 Å². The summed E-state index contributed by atoms with van der Waals surface area (Å²) in [5.74, 6) is 0. The predicted octanol–water partition coefficient (Wildman–Crippen LogP) is 2.24. The second-order valence-electron chi connectivity index (χ2n) is 3.04. The Balaban J connectivity index is -0.000000218. The number of hydrogen-bond acceptors (Lipinski definition) is 4. The molecule has 0 N–H and O–H groups in total. The van der Waals surface area contributed by atoms with Crippen LogP contribution in [0.3, 0.4) is 0 Å². The quantitative estimate of drug-likeness (QED) is 0.215. The molecule has 0 amide bonds. The monoisotopic (exact) mass is 285 g/mol. The summed E-state index contributed by atoms with van der Waals surface area (Å²) in [6.45, 7) is 8.00. The second kappa shape index (κ2) is 24.6. The molecule has 0 unspecified atom stereocenters. The van der Waals surface area contributed by atoms with Crippen LogP contribution >= 0.6 is 0 Å². The van der Waals surface area contributed by atoms with Gasteiger partial charge in [0.2, 0.25) is 6.08 Å². The van der Waals surface area contributed by atoms with Gasteiger partial charge >= 0.3 is 16.5 Å². The summed E-state index contributed by atoms with van der Waals surface area (Å²) in [7, 11) is 0. The van der Waals surface area contributed by atoms with Crippen molar-refractivity contribution in [2.75, 3.05) is 19.8 Å². The molecule has 0 aliphatic rings. The molecule has 0 bridgehead atoms. The Morgan fingerprint density at radius 1 is 1.35 bits per heavy atom. The van der Waals surface area contributed by atoms with E-state index in [0.717, 1.165) is 32.5 Å². The molecular weight excluding hydrogens is 265 g/mol. The van der Waals surface area contributed by atoms with Crippen LogP contribution in [0.25, 0.3) is 0 Å². The minimum Gasteiger partial charge on any atom is -0.542 e. The fraction of sp³-hybridized carbons (Fsp3) is 0.750. The summed E-state index contributed by atoms with van der Waals surface area (Å²) < 4.78 is 5.18. The minimum atomic E-state index is 0. The first-order valence-corrected chi connectivity index (χ1v) is 5.59. The molecule has 4 nitrogen and oxygen atoms in total. The van der Waals surface area contributed by atoms with Crippen LogP contribution in [0.4, 0.5) is 0 Å². The first-order valence-electron chi connectivity index (χ1n) is 5.59.